The Bertz CT molecular complexity index is 289. The molecule has 1 aliphatic rings. The molecule has 2 N–H and O–H groups in total. The Morgan fingerprint density at radius 2 is 1.94 bits per heavy atom. The topological polar surface area (TPSA) is 69.6 Å². The zero-order chi connectivity index (χ0) is 13.0. The average molecular weight is 242 g/mol. The summed E-state index contributed by atoms with van der Waals surface area (Å²) in [5.74, 6) is -1.21. The molecular formula is C12H22N2O3. The Kier molecular flexibility index (Phi) is 4.78. The van der Waals surface area contributed by atoms with Crippen molar-refractivity contribution in [2.45, 2.75) is 39.7 Å². The minimum atomic E-state index is -0.810. The second kappa shape index (κ2) is 5.89. The van der Waals surface area contributed by atoms with Gasteiger partial charge in [0.05, 0.1) is 5.92 Å². The maximum absolute atomic E-state index is 11.9. The minimum Gasteiger partial charge on any atom is -0.481 e. The molecule has 0 bridgehead atoms. The van der Waals surface area contributed by atoms with Gasteiger partial charge < -0.3 is 15.3 Å². The van der Waals surface area contributed by atoms with E-state index in [1.54, 1.807) is 4.90 Å². The number of carbonyl (C=O) groups excluding carboxylic acids is 1. The molecule has 1 saturated heterocycles. The number of urea groups is 1. The Balaban J connectivity index is 2.52. The lowest BCUT2D eigenvalue weighted by Gasteiger charge is -2.21. The van der Waals surface area contributed by atoms with Gasteiger partial charge >= 0.3 is 12.0 Å². The molecule has 98 valence electrons. The van der Waals surface area contributed by atoms with Crippen molar-refractivity contribution in [2.75, 3.05) is 13.1 Å². The molecule has 0 radical (unpaired) electrons. The number of carboxylic acids is 1. The summed E-state index contributed by atoms with van der Waals surface area (Å²) in [6.07, 6.45) is 1.79. The molecule has 1 heterocycles. The summed E-state index contributed by atoms with van der Waals surface area (Å²) >= 11 is 0. The van der Waals surface area contributed by atoms with Crippen LogP contribution in [0.4, 0.5) is 4.79 Å². The number of nitrogens with one attached hydrogen (secondary N) is 1. The SMILES string of the molecule is CCC(CC)NC(=O)N1CC(C)C(C(=O)O)C1. The maximum atomic E-state index is 11.9. The fourth-order valence-corrected chi connectivity index (χ4v) is 2.21. The molecule has 2 unspecified atom stereocenters. The van der Waals surface area contributed by atoms with Crippen LogP contribution in [-0.4, -0.2) is 41.1 Å². The Morgan fingerprint density at radius 3 is 2.35 bits per heavy atom. The largest absolute Gasteiger partial charge is 0.481 e. The maximum Gasteiger partial charge on any atom is 0.317 e. The fourth-order valence-electron chi connectivity index (χ4n) is 2.21. The molecule has 0 aromatic carbocycles. The molecule has 0 aliphatic carbocycles. The summed E-state index contributed by atoms with van der Waals surface area (Å²) in [7, 11) is 0. The van der Waals surface area contributed by atoms with E-state index in [4.69, 9.17) is 5.11 Å². The monoisotopic (exact) mass is 242 g/mol. The van der Waals surface area contributed by atoms with Crippen LogP contribution >= 0.6 is 0 Å². The van der Waals surface area contributed by atoms with Gasteiger partial charge in [0.15, 0.2) is 0 Å². The number of nitrogens with zero attached hydrogens (tertiary/aromatic N) is 1. The number of likely N-dealkylation sites (tertiary alicyclic amines) is 1. The molecule has 0 aromatic heterocycles. The van der Waals surface area contributed by atoms with Gasteiger partial charge in [-0.15, -0.1) is 0 Å². The number of carbonyl (C=O) groups is 2. The van der Waals surface area contributed by atoms with Crippen molar-refractivity contribution in [3.8, 4) is 0 Å². The summed E-state index contributed by atoms with van der Waals surface area (Å²) in [4.78, 5) is 24.5. The Morgan fingerprint density at radius 1 is 1.35 bits per heavy atom. The highest BCUT2D eigenvalue weighted by atomic mass is 16.4. The molecule has 5 nitrogen and oxygen atoms in total. The fraction of sp³-hybridized carbons (Fsp3) is 0.833. The first kappa shape index (κ1) is 13.8. The molecule has 0 spiro atoms. The van der Waals surface area contributed by atoms with Gasteiger partial charge in [0.25, 0.3) is 0 Å². The summed E-state index contributed by atoms with van der Waals surface area (Å²) < 4.78 is 0. The smallest absolute Gasteiger partial charge is 0.317 e. The van der Waals surface area contributed by atoms with Crippen molar-refractivity contribution in [2.24, 2.45) is 11.8 Å². The first-order chi connectivity index (χ1) is 7.99. The minimum absolute atomic E-state index is 0.0277. The third-order valence-electron chi connectivity index (χ3n) is 3.53. The van der Waals surface area contributed by atoms with E-state index in [0.29, 0.717) is 13.1 Å². The highest BCUT2D eigenvalue weighted by Gasteiger charge is 2.37. The van der Waals surface area contributed by atoms with Crippen molar-refractivity contribution < 1.29 is 14.7 Å². The van der Waals surface area contributed by atoms with Crippen LogP contribution in [0, 0.1) is 11.8 Å². The normalized spacial score (nSPS) is 24.1. The number of hydrogen-bond donors (Lipinski definition) is 2. The lowest BCUT2D eigenvalue weighted by atomic mass is 9.99. The molecule has 2 amide bonds. The van der Waals surface area contributed by atoms with E-state index < -0.39 is 11.9 Å². The first-order valence-corrected chi connectivity index (χ1v) is 6.27. The van der Waals surface area contributed by atoms with E-state index >= 15 is 0 Å². The number of hydrogen-bond acceptors (Lipinski definition) is 2. The number of carboxylic acid groups (broad SMARTS) is 1. The number of aliphatic carboxylic acids is 1. The second-order valence-electron chi connectivity index (χ2n) is 4.79. The van der Waals surface area contributed by atoms with Crippen LogP contribution < -0.4 is 5.32 Å². The molecule has 0 aromatic rings. The van der Waals surface area contributed by atoms with Crippen LogP contribution in [-0.2, 0) is 4.79 Å². The lowest BCUT2D eigenvalue weighted by molar-refractivity contribution is -0.142. The average Bonchev–Trinajstić information content (AvgIpc) is 2.68. The van der Waals surface area contributed by atoms with Crippen molar-refractivity contribution in [3.63, 3.8) is 0 Å². The van der Waals surface area contributed by atoms with Gasteiger partial charge in [-0.25, -0.2) is 4.79 Å². The van der Waals surface area contributed by atoms with Crippen LogP contribution in [0.5, 0.6) is 0 Å². The van der Waals surface area contributed by atoms with E-state index in [9.17, 15) is 9.59 Å². The number of rotatable bonds is 4. The van der Waals surface area contributed by atoms with Gasteiger partial charge in [-0.1, -0.05) is 20.8 Å². The molecule has 0 saturated carbocycles. The van der Waals surface area contributed by atoms with Crippen molar-refractivity contribution >= 4 is 12.0 Å². The van der Waals surface area contributed by atoms with Gasteiger partial charge in [-0.05, 0) is 18.8 Å². The van der Waals surface area contributed by atoms with E-state index in [0.717, 1.165) is 12.8 Å². The van der Waals surface area contributed by atoms with Crippen LogP contribution in [0.15, 0.2) is 0 Å². The van der Waals surface area contributed by atoms with Gasteiger partial charge in [0, 0.05) is 19.1 Å². The molecule has 1 fully saturated rings. The highest BCUT2D eigenvalue weighted by molar-refractivity contribution is 5.77. The predicted molar refractivity (Wildman–Crippen MR) is 64.8 cm³/mol. The van der Waals surface area contributed by atoms with Gasteiger partial charge in [0.2, 0.25) is 0 Å². The molecule has 1 aliphatic heterocycles. The van der Waals surface area contributed by atoms with Crippen LogP contribution in [0.3, 0.4) is 0 Å². The lowest BCUT2D eigenvalue weighted by Crippen LogP contribution is -2.43. The standard InChI is InChI=1S/C12H22N2O3/c1-4-9(5-2)13-12(17)14-6-8(3)10(7-14)11(15)16/h8-10H,4-7H2,1-3H3,(H,13,17)(H,15,16). The van der Waals surface area contributed by atoms with E-state index in [1.165, 1.54) is 0 Å². The van der Waals surface area contributed by atoms with Crippen molar-refractivity contribution in [1.82, 2.24) is 10.2 Å². The van der Waals surface area contributed by atoms with Crippen LogP contribution in [0.1, 0.15) is 33.6 Å². The molecule has 5 heteroatoms. The molecule has 1 rings (SSSR count). The van der Waals surface area contributed by atoms with E-state index in [2.05, 4.69) is 5.32 Å². The van der Waals surface area contributed by atoms with Crippen LogP contribution in [0.2, 0.25) is 0 Å². The summed E-state index contributed by atoms with van der Waals surface area (Å²) in [6.45, 7) is 6.79. The zero-order valence-corrected chi connectivity index (χ0v) is 10.8. The Labute approximate surface area is 102 Å². The molecule has 2 atom stereocenters. The van der Waals surface area contributed by atoms with Crippen LogP contribution in [0.25, 0.3) is 0 Å². The van der Waals surface area contributed by atoms with Gasteiger partial charge in [-0.2, -0.15) is 0 Å². The third kappa shape index (κ3) is 3.35. The van der Waals surface area contributed by atoms with E-state index in [1.807, 2.05) is 20.8 Å². The quantitative estimate of drug-likeness (QED) is 0.785. The highest BCUT2D eigenvalue weighted by Crippen LogP contribution is 2.23. The molecule has 17 heavy (non-hydrogen) atoms. The number of amides is 2. The summed E-state index contributed by atoms with van der Waals surface area (Å²) in [5.41, 5.74) is 0. The first-order valence-electron chi connectivity index (χ1n) is 6.27. The predicted octanol–water partition coefficient (Wildman–Crippen LogP) is 1.54. The van der Waals surface area contributed by atoms with Crippen molar-refractivity contribution in [1.29, 1.82) is 0 Å². The van der Waals surface area contributed by atoms with Crippen molar-refractivity contribution in [3.05, 3.63) is 0 Å². The summed E-state index contributed by atoms with van der Waals surface area (Å²) in [6, 6.07) is 0.0518. The van der Waals surface area contributed by atoms with Gasteiger partial charge in [-0.3, -0.25) is 4.79 Å². The summed E-state index contributed by atoms with van der Waals surface area (Å²) in [5, 5.41) is 11.9. The second-order valence-corrected chi connectivity index (χ2v) is 4.79. The van der Waals surface area contributed by atoms with E-state index in [-0.39, 0.29) is 18.0 Å². The zero-order valence-electron chi connectivity index (χ0n) is 10.8. The van der Waals surface area contributed by atoms with Gasteiger partial charge in [0.1, 0.15) is 0 Å². The molecular weight excluding hydrogens is 220 g/mol. The third-order valence-corrected chi connectivity index (χ3v) is 3.53. The Hall–Kier alpha value is -1.26.